The molecule has 0 unspecified atom stereocenters. The van der Waals surface area contributed by atoms with Crippen molar-refractivity contribution in [2.45, 2.75) is 45.7 Å². The second kappa shape index (κ2) is 5.56. The van der Waals surface area contributed by atoms with E-state index in [9.17, 15) is 4.79 Å². The second-order valence-electron chi connectivity index (χ2n) is 7.86. The Balaban J connectivity index is 1.69. The minimum Gasteiger partial charge on any atom is -0.293 e. The van der Waals surface area contributed by atoms with Gasteiger partial charge in [-0.2, -0.15) is 5.10 Å². The van der Waals surface area contributed by atoms with Crippen molar-refractivity contribution in [3.05, 3.63) is 51.3 Å². The predicted octanol–water partition coefficient (Wildman–Crippen LogP) is 1.61. The van der Waals surface area contributed by atoms with Gasteiger partial charge in [-0.1, -0.05) is 20.8 Å². The molecule has 7 nitrogen and oxygen atoms in total. The zero-order valence-corrected chi connectivity index (χ0v) is 15.2. The van der Waals surface area contributed by atoms with Gasteiger partial charge in [0.2, 0.25) is 0 Å². The lowest BCUT2D eigenvalue weighted by molar-refractivity contribution is 0.234. The van der Waals surface area contributed by atoms with Crippen LogP contribution < -0.4 is 5.56 Å². The number of H-pyrrole nitrogens is 1. The highest BCUT2D eigenvalue weighted by Crippen LogP contribution is 2.22. The average Bonchev–Trinajstić information content (AvgIpc) is 3.14. The molecule has 0 aliphatic carbocycles. The highest BCUT2D eigenvalue weighted by atomic mass is 16.1. The fourth-order valence-electron chi connectivity index (χ4n) is 3.35. The molecule has 0 radical (unpaired) electrons. The van der Waals surface area contributed by atoms with Crippen molar-refractivity contribution in [1.29, 1.82) is 0 Å². The van der Waals surface area contributed by atoms with E-state index in [-0.39, 0.29) is 11.0 Å². The number of hydrogen-bond acceptors (Lipinski definition) is 4. The third-order valence-corrected chi connectivity index (χ3v) is 4.96. The van der Waals surface area contributed by atoms with Gasteiger partial charge < -0.3 is 0 Å². The van der Waals surface area contributed by atoms with E-state index in [1.54, 1.807) is 4.52 Å². The molecule has 25 heavy (non-hydrogen) atoms. The molecule has 4 heterocycles. The van der Waals surface area contributed by atoms with Gasteiger partial charge in [0.1, 0.15) is 0 Å². The molecule has 0 saturated heterocycles. The Labute approximate surface area is 146 Å². The molecule has 1 aliphatic rings. The predicted molar refractivity (Wildman–Crippen MR) is 95.5 cm³/mol. The van der Waals surface area contributed by atoms with E-state index in [0.29, 0.717) is 12.2 Å². The van der Waals surface area contributed by atoms with E-state index in [4.69, 9.17) is 4.98 Å². The number of hydrogen-bond donors (Lipinski definition) is 1. The highest BCUT2D eigenvalue weighted by molar-refractivity contribution is 5.43. The van der Waals surface area contributed by atoms with E-state index >= 15 is 0 Å². The van der Waals surface area contributed by atoms with Gasteiger partial charge in [-0.05, 0) is 12.5 Å². The van der Waals surface area contributed by atoms with Crippen molar-refractivity contribution >= 4 is 5.65 Å². The molecule has 0 aromatic carbocycles. The summed E-state index contributed by atoms with van der Waals surface area (Å²) in [5.41, 5.74) is 4.61. The van der Waals surface area contributed by atoms with E-state index in [1.165, 1.54) is 0 Å². The fourth-order valence-corrected chi connectivity index (χ4v) is 3.35. The lowest BCUT2D eigenvalue weighted by atomic mass is 9.93. The minimum absolute atomic E-state index is 0.0377. The van der Waals surface area contributed by atoms with Gasteiger partial charge in [-0.3, -0.25) is 19.5 Å². The summed E-state index contributed by atoms with van der Waals surface area (Å²) in [6.07, 6.45) is 2.54. The number of nitrogens with zero attached hydrogens (tertiary/aromatic N) is 5. The second-order valence-corrected chi connectivity index (χ2v) is 7.86. The molecule has 0 atom stereocenters. The number of aryl methyl sites for hydroxylation is 1. The van der Waals surface area contributed by atoms with E-state index < -0.39 is 0 Å². The molecule has 4 rings (SSSR count). The van der Waals surface area contributed by atoms with Crippen LogP contribution in [0.3, 0.4) is 0 Å². The summed E-state index contributed by atoms with van der Waals surface area (Å²) < 4.78 is 3.49. The molecule has 1 N–H and O–H groups in total. The van der Waals surface area contributed by atoms with E-state index in [1.807, 2.05) is 30.1 Å². The first-order valence-corrected chi connectivity index (χ1v) is 8.66. The minimum atomic E-state index is -0.0494. The van der Waals surface area contributed by atoms with Gasteiger partial charge in [0.15, 0.2) is 5.65 Å². The van der Waals surface area contributed by atoms with Crippen molar-refractivity contribution in [3.63, 3.8) is 0 Å². The summed E-state index contributed by atoms with van der Waals surface area (Å²) in [7, 11) is 1.95. The van der Waals surface area contributed by atoms with Gasteiger partial charge in [0.25, 0.3) is 5.56 Å². The van der Waals surface area contributed by atoms with Gasteiger partial charge in [0.05, 0.1) is 11.4 Å². The topological polar surface area (TPSA) is 71.2 Å². The van der Waals surface area contributed by atoms with Crippen molar-refractivity contribution in [2.75, 3.05) is 6.54 Å². The first kappa shape index (κ1) is 16.1. The van der Waals surface area contributed by atoms with Gasteiger partial charge in [-0.15, -0.1) is 0 Å². The zero-order chi connectivity index (χ0) is 17.8. The zero-order valence-electron chi connectivity index (χ0n) is 15.2. The van der Waals surface area contributed by atoms with Crippen LogP contribution in [-0.4, -0.2) is 35.8 Å². The number of fused-ring (bicyclic) bond motifs is 2. The van der Waals surface area contributed by atoms with Crippen LogP contribution >= 0.6 is 0 Å². The Kier molecular flexibility index (Phi) is 3.57. The van der Waals surface area contributed by atoms with Crippen molar-refractivity contribution in [2.24, 2.45) is 7.05 Å². The number of aromatic nitrogens is 5. The Hall–Kier alpha value is -2.41. The average molecular weight is 340 g/mol. The molecule has 132 valence electrons. The third-order valence-electron chi connectivity index (χ3n) is 4.96. The Bertz CT molecular complexity index is 987. The normalized spacial score (nSPS) is 15.7. The summed E-state index contributed by atoms with van der Waals surface area (Å²) in [5, 5.41) is 7.45. The Morgan fingerprint density at radius 2 is 2.12 bits per heavy atom. The first-order valence-electron chi connectivity index (χ1n) is 8.66. The van der Waals surface area contributed by atoms with Crippen LogP contribution in [0.5, 0.6) is 0 Å². The summed E-state index contributed by atoms with van der Waals surface area (Å²) in [6.45, 7) is 8.74. The fraction of sp³-hybridized carbons (Fsp3) is 0.500. The maximum Gasteiger partial charge on any atom is 0.276 e. The quantitative estimate of drug-likeness (QED) is 0.769. The molecule has 0 bridgehead atoms. The largest absolute Gasteiger partial charge is 0.293 e. The van der Waals surface area contributed by atoms with Gasteiger partial charge in [0, 0.05) is 55.6 Å². The van der Waals surface area contributed by atoms with Crippen LogP contribution in [0.1, 0.15) is 43.4 Å². The number of rotatable bonds is 2. The van der Waals surface area contributed by atoms with Crippen LogP contribution in [0.2, 0.25) is 0 Å². The summed E-state index contributed by atoms with van der Waals surface area (Å²) >= 11 is 0. The van der Waals surface area contributed by atoms with E-state index in [2.05, 4.69) is 35.9 Å². The maximum absolute atomic E-state index is 12.9. The van der Waals surface area contributed by atoms with Gasteiger partial charge in [-0.25, -0.2) is 9.50 Å². The molecular formula is C18H24N6O. The smallest absolute Gasteiger partial charge is 0.276 e. The summed E-state index contributed by atoms with van der Waals surface area (Å²) in [5.74, 6) is 0. The number of nitrogens with one attached hydrogen (secondary N) is 1. The van der Waals surface area contributed by atoms with Crippen molar-refractivity contribution in [3.8, 4) is 0 Å². The summed E-state index contributed by atoms with van der Waals surface area (Å²) in [4.78, 5) is 19.9. The Morgan fingerprint density at radius 3 is 2.80 bits per heavy atom. The van der Waals surface area contributed by atoms with Crippen LogP contribution in [-0.2, 0) is 32.0 Å². The number of aromatic amines is 1. The standard InChI is InChI=1S/C18H24N6O/c1-18(2,3)15-9-16-20-14-11-23(10-12-5-7-19-22(12)4)8-6-13(14)17(25)24(16)21-15/h5,7,9,21H,6,8,10-11H2,1-4H3. The third kappa shape index (κ3) is 2.78. The van der Waals surface area contributed by atoms with Crippen molar-refractivity contribution < 1.29 is 0 Å². The molecule has 0 saturated carbocycles. The SMILES string of the molecule is Cn1nccc1CN1CCc2c(nc3cc(C(C)(C)C)[nH]n3c2=O)C1. The lowest BCUT2D eigenvalue weighted by Gasteiger charge is -2.27. The molecule has 7 heteroatoms. The molecule has 0 amide bonds. The van der Waals surface area contributed by atoms with Crippen LogP contribution in [0.25, 0.3) is 5.65 Å². The van der Waals surface area contributed by atoms with Crippen LogP contribution in [0.15, 0.2) is 23.1 Å². The summed E-state index contributed by atoms with van der Waals surface area (Å²) in [6, 6.07) is 4.02. The highest BCUT2D eigenvalue weighted by Gasteiger charge is 2.24. The maximum atomic E-state index is 12.9. The molecule has 0 spiro atoms. The first-order chi connectivity index (χ1) is 11.8. The van der Waals surface area contributed by atoms with E-state index in [0.717, 1.165) is 42.2 Å². The van der Waals surface area contributed by atoms with Gasteiger partial charge >= 0.3 is 0 Å². The molecule has 3 aromatic heterocycles. The van der Waals surface area contributed by atoms with Crippen molar-refractivity contribution in [1.82, 2.24) is 29.3 Å². The molecular weight excluding hydrogens is 316 g/mol. The molecule has 1 aliphatic heterocycles. The Morgan fingerprint density at radius 1 is 1.32 bits per heavy atom. The molecule has 0 fully saturated rings. The lowest BCUT2D eigenvalue weighted by Crippen LogP contribution is -2.36. The van der Waals surface area contributed by atoms with Crippen LogP contribution in [0.4, 0.5) is 0 Å². The molecule has 3 aromatic rings. The van der Waals surface area contributed by atoms with Crippen LogP contribution in [0, 0.1) is 0 Å². The monoisotopic (exact) mass is 340 g/mol.